The van der Waals surface area contributed by atoms with E-state index in [0.29, 0.717) is 0 Å². The number of benzene rings is 1. The normalized spacial score (nSPS) is 16.5. The first kappa shape index (κ1) is 15.6. The molecule has 0 heteroatoms. The minimum atomic E-state index is 0.858. The van der Waals surface area contributed by atoms with Gasteiger partial charge in [0.2, 0.25) is 0 Å². The second-order valence-electron chi connectivity index (χ2n) is 6.48. The Morgan fingerprint density at radius 2 is 1.75 bits per heavy atom. The molecule has 0 amide bonds. The zero-order valence-electron chi connectivity index (χ0n) is 13.6. The number of aryl methyl sites for hydroxylation is 1. The molecule has 0 heterocycles. The van der Waals surface area contributed by atoms with Crippen LogP contribution in [0.25, 0.3) is 0 Å². The Labute approximate surface area is 126 Å². The van der Waals surface area contributed by atoms with E-state index >= 15 is 0 Å². The predicted molar refractivity (Wildman–Crippen MR) is 89.5 cm³/mol. The Morgan fingerprint density at radius 3 is 2.45 bits per heavy atom. The summed E-state index contributed by atoms with van der Waals surface area (Å²) in [7, 11) is 0. The van der Waals surface area contributed by atoms with E-state index in [-0.39, 0.29) is 0 Å². The maximum atomic E-state index is 2.43. The Morgan fingerprint density at radius 1 is 0.950 bits per heavy atom. The number of hydrogen-bond acceptors (Lipinski definition) is 0. The van der Waals surface area contributed by atoms with Crippen molar-refractivity contribution in [2.75, 3.05) is 0 Å². The van der Waals surface area contributed by atoms with Crippen LogP contribution < -0.4 is 0 Å². The van der Waals surface area contributed by atoms with Crippen molar-refractivity contribution in [1.82, 2.24) is 0 Å². The van der Waals surface area contributed by atoms with Crippen molar-refractivity contribution in [2.45, 2.75) is 90.4 Å². The number of rotatable bonds is 7. The Kier molecular flexibility index (Phi) is 6.63. The van der Waals surface area contributed by atoms with E-state index in [0.717, 1.165) is 5.92 Å². The Balaban J connectivity index is 2.12. The van der Waals surface area contributed by atoms with Crippen molar-refractivity contribution in [3.63, 3.8) is 0 Å². The van der Waals surface area contributed by atoms with Gasteiger partial charge in [-0.1, -0.05) is 70.6 Å². The average Bonchev–Trinajstić information content (AvgIpc) is 2.52. The SMILES string of the molecule is CCCCCCc1c(CC)cccc1C1CCCCC1. The van der Waals surface area contributed by atoms with Crippen LogP contribution in [0.2, 0.25) is 0 Å². The maximum absolute atomic E-state index is 2.43. The van der Waals surface area contributed by atoms with Gasteiger partial charge in [0.05, 0.1) is 0 Å². The van der Waals surface area contributed by atoms with Gasteiger partial charge in [-0.15, -0.1) is 0 Å². The lowest BCUT2D eigenvalue weighted by atomic mass is 9.79. The maximum Gasteiger partial charge on any atom is -0.0159 e. The highest BCUT2D eigenvalue weighted by Crippen LogP contribution is 2.36. The highest BCUT2D eigenvalue weighted by atomic mass is 14.2. The van der Waals surface area contributed by atoms with E-state index in [9.17, 15) is 0 Å². The van der Waals surface area contributed by atoms with Gasteiger partial charge < -0.3 is 0 Å². The molecule has 0 saturated heterocycles. The molecule has 0 N–H and O–H groups in total. The largest absolute Gasteiger partial charge is 0.0654 e. The van der Waals surface area contributed by atoms with Gasteiger partial charge in [0.1, 0.15) is 0 Å². The zero-order valence-corrected chi connectivity index (χ0v) is 13.6. The molecule has 1 aliphatic carbocycles. The third kappa shape index (κ3) is 4.11. The molecule has 0 spiro atoms. The van der Waals surface area contributed by atoms with Gasteiger partial charge >= 0.3 is 0 Å². The fraction of sp³-hybridized carbons (Fsp3) is 0.700. The van der Waals surface area contributed by atoms with Crippen molar-refractivity contribution in [3.05, 3.63) is 34.9 Å². The summed E-state index contributed by atoms with van der Waals surface area (Å²) in [5.74, 6) is 0.858. The second-order valence-corrected chi connectivity index (χ2v) is 6.48. The predicted octanol–water partition coefficient (Wildman–Crippen LogP) is 6.42. The highest BCUT2D eigenvalue weighted by Gasteiger charge is 2.19. The fourth-order valence-corrected chi connectivity index (χ4v) is 3.82. The molecule has 1 aromatic carbocycles. The van der Waals surface area contributed by atoms with Crippen LogP contribution in [0.5, 0.6) is 0 Å². The molecule has 20 heavy (non-hydrogen) atoms. The highest BCUT2D eigenvalue weighted by molar-refractivity contribution is 5.38. The quantitative estimate of drug-likeness (QED) is 0.502. The molecule has 0 aromatic heterocycles. The van der Waals surface area contributed by atoms with E-state index in [1.54, 1.807) is 16.7 Å². The van der Waals surface area contributed by atoms with Crippen molar-refractivity contribution >= 4 is 0 Å². The first-order valence-electron chi connectivity index (χ1n) is 8.97. The first-order valence-corrected chi connectivity index (χ1v) is 8.97. The lowest BCUT2D eigenvalue weighted by molar-refractivity contribution is 0.440. The summed E-state index contributed by atoms with van der Waals surface area (Å²) in [6.07, 6.45) is 15.2. The Bertz CT molecular complexity index is 385. The van der Waals surface area contributed by atoms with Crippen LogP contribution in [0.4, 0.5) is 0 Å². The molecule has 0 aliphatic heterocycles. The minimum absolute atomic E-state index is 0.858. The number of hydrogen-bond donors (Lipinski definition) is 0. The molecular formula is C20H32. The van der Waals surface area contributed by atoms with Crippen LogP contribution >= 0.6 is 0 Å². The molecule has 0 nitrogen and oxygen atoms in total. The number of unbranched alkanes of at least 4 members (excludes halogenated alkanes) is 3. The third-order valence-corrected chi connectivity index (χ3v) is 5.02. The molecule has 0 atom stereocenters. The summed E-state index contributed by atoms with van der Waals surface area (Å²) in [4.78, 5) is 0. The molecule has 1 saturated carbocycles. The Hall–Kier alpha value is -0.780. The van der Waals surface area contributed by atoms with Gasteiger partial charge in [-0.25, -0.2) is 0 Å². The van der Waals surface area contributed by atoms with Gasteiger partial charge in [0.25, 0.3) is 0 Å². The average molecular weight is 272 g/mol. The minimum Gasteiger partial charge on any atom is -0.0654 e. The van der Waals surface area contributed by atoms with Crippen LogP contribution in [-0.4, -0.2) is 0 Å². The van der Waals surface area contributed by atoms with E-state index in [1.807, 2.05) is 0 Å². The summed E-state index contributed by atoms with van der Waals surface area (Å²) in [6.45, 7) is 4.61. The third-order valence-electron chi connectivity index (χ3n) is 5.02. The second kappa shape index (κ2) is 8.49. The molecule has 1 aromatic rings. The standard InChI is InChI=1S/C20H32/c1-3-5-6-10-15-19-17(4-2)14-11-16-20(19)18-12-8-7-9-13-18/h11,14,16,18H,3-10,12-13,15H2,1-2H3. The lowest BCUT2D eigenvalue weighted by Crippen LogP contribution is -2.09. The topological polar surface area (TPSA) is 0 Å². The van der Waals surface area contributed by atoms with Gasteiger partial charge in [-0.05, 0) is 54.7 Å². The summed E-state index contributed by atoms with van der Waals surface area (Å²) in [5, 5.41) is 0. The molecule has 0 radical (unpaired) electrons. The van der Waals surface area contributed by atoms with E-state index in [1.165, 1.54) is 70.6 Å². The van der Waals surface area contributed by atoms with Crippen molar-refractivity contribution < 1.29 is 0 Å². The van der Waals surface area contributed by atoms with Crippen molar-refractivity contribution in [1.29, 1.82) is 0 Å². The summed E-state index contributed by atoms with van der Waals surface area (Å²) in [5.41, 5.74) is 5.04. The summed E-state index contributed by atoms with van der Waals surface area (Å²) >= 11 is 0. The molecule has 1 aliphatic rings. The van der Waals surface area contributed by atoms with Crippen LogP contribution in [0.3, 0.4) is 0 Å². The summed E-state index contributed by atoms with van der Waals surface area (Å²) < 4.78 is 0. The van der Waals surface area contributed by atoms with Crippen LogP contribution in [-0.2, 0) is 12.8 Å². The molecule has 112 valence electrons. The van der Waals surface area contributed by atoms with Gasteiger partial charge in [-0.3, -0.25) is 0 Å². The fourth-order valence-electron chi connectivity index (χ4n) is 3.82. The van der Waals surface area contributed by atoms with Crippen molar-refractivity contribution in [2.24, 2.45) is 0 Å². The molecule has 0 unspecified atom stereocenters. The van der Waals surface area contributed by atoms with Crippen LogP contribution in [0, 0.1) is 0 Å². The van der Waals surface area contributed by atoms with Crippen LogP contribution in [0.1, 0.15) is 94.2 Å². The van der Waals surface area contributed by atoms with Gasteiger partial charge in [0, 0.05) is 0 Å². The molecule has 0 bridgehead atoms. The van der Waals surface area contributed by atoms with E-state index < -0.39 is 0 Å². The molecule has 1 fully saturated rings. The smallest absolute Gasteiger partial charge is 0.0159 e. The summed E-state index contributed by atoms with van der Waals surface area (Å²) in [6, 6.07) is 7.10. The van der Waals surface area contributed by atoms with Crippen LogP contribution in [0.15, 0.2) is 18.2 Å². The van der Waals surface area contributed by atoms with Gasteiger partial charge in [0.15, 0.2) is 0 Å². The van der Waals surface area contributed by atoms with Gasteiger partial charge in [-0.2, -0.15) is 0 Å². The van der Waals surface area contributed by atoms with E-state index in [4.69, 9.17) is 0 Å². The first-order chi connectivity index (χ1) is 9.86. The molecule has 2 rings (SSSR count). The molecular weight excluding hydrogens is 240 g/mol. The zero-order chi connectivity index (χ0) is 14.2. The lowest BCUT2D eigenvalue weighted by Gasteiger charge is -2.26. The monoisotopic (exact) mass is 272 g/mol. The van der Waals surface area contributed by atoms with Crippen molar-refractivity contribution in [3.8, 4) is 0 Å². The van der Waals surface area contributed by atoms with E-state index in [2.05, 4.69) is 32.0 Å².